The molecule has 0 N–H and O–H groups in total. The third kappa shape index (κ3) is 1.23. The summed E-state index contributed by atoms with van der Waals surface area (Å²) in [4.78, 5) is 11.0. The molecule has 0 aromatic heterocycles. The van der Waals surface area contributed by atoms with E-state index in [2.05, 4.69) is 0 Å². The molecule has 0 unspecified atom stereocenters. The van der Waals surface area contributed by atoms with E-state index in [1.165, 1.54) is 25.7 Å². The molecule has 2 saturated carbocycles. The molecule has 1 nitrogen and oxygen atoms in total. The Morgan fingerprint density at radius 3 is 2.50 bits per heavy atom. The van der Waals surface area contributed by atoms with Crippen molar-refractivity contribution in [1.82, 2.24) is 0 Å². The molecule has 0 radical (unpaired) electrons. The SMILES string of the molecule is O=C1CCC[C@@H](C2CC2)C1. The highest BCUT2D eigenvalue weighted by atomic mass is 16.1. The summed E-state index contributed by atoms with van der Waals surface area (Å²) in [6.07, 6.45) is 7.07. The molecule has 0 amide bonds. The van der Waals surface area contributed by atoms with Crippen LogP contribution in [0.4, 0.5) is 0 Å². The Morgan fingerprint density at radius 1 is 1.10 bits per heavy atom. The molecule has 0 saturated heterocycles. The summed E-state index contributed by atoms with van der Waals surface area (Å²) in [6, 6.07) is 0. The number of carbonyl (C=O) groups excluding carboxylic acids is 1. The minimum atomic E-state index is 0.517. The van der Waals surface area contributed by atoms with Crippen molar-refractivity contribution in [2.75, 3.05) is 0 Å². The highest BCUT2D eigenvalue weighted by Crippen LogP contribution is 2.42. The maximum Gasteiger partial charge on any atom is 0.133 e. The molecular formula is C9H14O. The summed E-state index contributed by atoms with van der Waals surface area (Å²) in [5.74, 6) is 2.26. The molecule has 2 rings (SSSR count). The van der Waals surface area contributed by atoms with Gasteiger partial charge in [0.15, 0.2) is 0 Å². The minimum Gasteiger partial charge on any atom is -0.300 e. The quantitative estimate of drug-likeness (QED) is 0.542. The van der Waals surface area contributed by atoms with Crippen LogP contribution in [0.15, 0.2) is 0 Å². The lowest BCUT2D eigenvalue weighted by molar-refractivity contribution is -0.121. The zero-order valence-corrected chi connectivity index (χ0v) is 6.31. The van der Waals surface area contributed by atoms with Crippen molar-refractivity contribution in [3.05, 3.63) is 0 Å². The van der Waals surface area contributed by atoms with Gasteiger partial charge in [0.1, 0.15) is 5.78 Å². The molecule has 0 heterocycles. The van der Waals surface area contributed by atoms with Crippen molar-refractivity contribution in [3.63, 3.8) is 0 Å². The van der Waals surface area contributed by atoms with Gasteiger partial charge in [0.25, 0.3) is 0 Å². The zero-order chi connectivity index (χ0) is 6.97. The number of hydrogen-bond acceptors (Lipinski definition) is 1. The highest BCUT2D eigenvalue weighted by molar-refractivity contribution is 5.79. The lowest BCUT2D eigenvalue weighted by Gasteiger charge is -2.19. The Bertz CT molecular complexity index is 147. The average molecular weight is 138 g/mol. The smallest absolute Gasteiger partial charge is 0.133 e. The second-order valence-corrected chi connectivity index (χ2v) is 3.73. The predicted molar refractivity (Wildman–Crippen MR) is 39.7 cm³/mol. The monoisotopic (exact) mass is 138 g/mol. The van der Waals surface area contributed by atoms with Gasteiger partial charge in [-0.25, -0.2) is 0 Å². The summed E-state index contributed by atoms with van der Waals surface area (Å²) >= 11 is 0. The Balaban J connectivity index is 1.89. The third-order valence-corrected chi connectivity index (χ3v) is 2.81. The van der Waals surface area contributed by atoms with Crippen LogP contribution in [-0.2, 0) is 4.79 Å². The van der Waals surface area contributed by atoms with E-state index in [4.69, 9.17) is 0 Å². The largest absolute Gasteiger partial charge is 0.300 e. The van der Waals surface area contributed by atoms with Crippen LogP contribution in [0.5, 0.6) is 0 Å². The van der Waals surface area contributed by atoms with Gasteiger partial charge in [-0.15, -0.1) is 0 Å². The number of carbonyl (C=O) groups is 1. The topological polar surface area (TPSA) is 17.1 Å². The van der Waals surface area contributed by atoms with Gasteiger partial charge in [0, 0.05) is 12.8 Å². The molecular weight excluding hydrogens is 124 g/mol. The van der Waals surface area contributed by atoms with Gasteiger partial charge in [-0.1, -0.05) is 0 Å². The third-order valence-electron chi connectivity index (χ3n) is 2.81. The number of ketones is 1. The molecule has 56 valence electrons. The normalized spacial score (nSPS) is 34.4. The van der Waals surface area contributed by atoms with E-state index in [-0.39, 0.29) is 0 Å². The van der Waals surface area contributed by atoms with E-state index < -0.39 is 0 Å². The Morgan fingerprint density at radius 2 is 1.90 bits per heavy atom. The van der Waals surface area contributed by atoms with Crippen LogP contribution in [-0.4, -0.2) is 5.78 Å². The number of Topliss-reactive ketones (excluding diaryl/α,β-unsaturated/α-hetero) is 1. The standard InChI is InChI=1S/C9H14O/c10-9-3-1-2-8(6-9)7-4-5-7/h7-8H,1-6H2/t8-/m1/s1. The molecule has 1 atom stereocenters. The maximum atomic E-state index is 11.0. The summed E-state index contributed by atoms with van der Waals surface area (Å²) in [7, 11) is 0. The van der Waals surface area contributed by atoms with Crippen LogP contribution < -0.4 is 0 Å². The van der Waals surface area contributed by atoms with Crippen LogP contribution in [0.2, 0.25) is 0 Å². The molecule has 0 aliphatic heterocycles. The molecule has 1 heteroatoms. The van der Waals surface area contributed by atoms with E-state index in [1.54, 1.807) is 0 Å². The Hall–Kier alpha value is -0.330. The summed E-state index contributed by atoms with van der Waals surface area (Å²) < 4.78 is 0. The fourth-order valence-electron chi connectivity index (χ4n) is 2.03. The van der Waals surface area contributed by atoms with Crippen molar-refractivity contribution in [1.29, 1.82) is 0 Å². The van der Waals surface area contributed by atoms with Crippen molar-refractivity contribution < 1.29 is 4.79 Å². The lowest BCUT2D eigenvalue weighted by Crippen LogP contribution is -2.16. The number of hydrogen-bond donors (Lipinski definition) is 0. The van der Waals surface area contributed by atoms with Crippen molar-refractivity contribution in [3.8, 4) is 0 Å². The van der Waals surface area contributed by atoms with Gasteiger partial charge in [-0.3, -0.25) is 4.79 Å². The van der Waals surface area contributed by atoms with Crippen LogP contribution in [0.1, 0.15) is 38.5 Å². The predicted octanol–water partition coefficient (Wildman–Crippen LogP) is 2.16. The average Bonchev–Trinajstić information content (AvgIpc) is 2.68. The molecule has 0 bridgehead atoms. The van der Waals surface area contributed by atoms with Crippen molar-refractivity contribution >= 4 is 5.78 Å². The van der Waals surface area contributed by atoms with Crippen LogP contribution in [0.25, 0.3) is 0 Å². The molecule has 2 aliphatic rings. The van der Waals surface area contributed by atoms with Gasteiger partial charge in [-0.2, -0.15) is 0 Å². The Labute approximate surface area is 61.8 Å². The van der Waals surface area contributed by atoms with Crippen LogP contribution in [0, 0.1) is 11.8 Å². The van der Waals surface area contributed by atoms with E-state index >= 15 is 0 Å². The van der Waals surface area contributed by atoms with Gasteiger partial charge in [0.05, 0.1) is 0 Å². The molecule has 0 spiro atoms. The van der Waals surface area contributed by atoms with Crippen molar-refractivity contribution in [2.24, 2.45) is 11.8 Å². The highest BCUT2D eigenvalue weighted by Gasteiger charge is 2.33. The second-order valence-electron chi connectivity index (χ2n) is 3.73. The fraction of sp³-hybridized carbons (Fsp3) is 0.889. The summed E-state index contributed by atoms with van der Waals surface area (Å²) in [5.41, 5.74) is 0. The first-order valence-electron chi connectivity index (χ1n) is 4.38. The molecule has 10 heavy (non-hydrogen) atoms. The maximum absolute atomic E-state index is 11.0. The van der Waals surface area contributed by atoms with Gasteiger partial charge in [-0.05, 0) is 37.5 Å². The zero-order valence-electron chi connectivity index (χ0n) is 6.31. The molecule has 2 fully saturated rings. The van der Waals surface area contributed by atoms with E-state index in [9.17, 15) is 4.79 Å². The molecule has 0 aromatic rings. The first kappa shape index (κ1) is 6.38. The minimum absolute atomic E-state index is 0.517. The fourth-order valence-corrected chi connectivity index (χ4v) is 2.03. The second kappa shape index (κ2) is 2.37. The Kier molecular flexibility index (Phi) is 1.51. The first-order valence-corrected chi connectivity index (χ1v) is 4.38. The first-order chi connectivity index (χ1) is 4.86. The van der Waals surface area contributed by atoms with E-state index in [0.29, 0.717) is 5.78 Å². The lowest BCUT2D eigenvalue weighted by atomic mass is 9.85. The van der Waals surface area contributed by atoms with Gasteiger partial charge >= 0.3 is 0 Å². The molecule has 2 aliphatic carbocycles. The van der Waals surface area contributed by atoms with Gasteiger partial charge in [0.2, 0.25) is 0 Å². The summed E-state index contributed by atoms with van der Waals surface area (Å²) in [6.45, 7) is 0. The molecule has 0 aromatic carbocycles. The van der Waals surface area contributed by atoms with Crippen LogP contribution >= 0.6 is 0 Å². The van der Waals surface area contributed by atoms with Crippen LogP contribution in [0.3, 0.4) is 0 Å². The summed E-state index contributed by atoms with van der Waals surface area (Å²) in [5, 5.41) is 0. The number of rotatable bonds is 1. The van der Waals surface area contributed by atoms with E-state index in [1.807, 2.05) is 0 Å². The van der Waals surface area contributed by atoms with Gasteiger partial charge < -0.3 is 0 Å². The van der Waals surface area contributed by atoms with Crippen molar-refractivity contribution in [2.45, 2.75) is 38.5 Å². The van der Waals surface area contributed by atoms with E-state index in [0.717, 1.165) is 24.7 Å².